The molecule has 1 saturated carbocycles. The molecule has 2 aliphatic rings. The van der Waals surface area contributed by atoms with E-state index in [0.29, 0.717) is 43.5 Å². The molecule has 2 amide bonds. The van der Waals surface area contributed by atoms with E-state index in [1.54, 1.807) is 12.1 Å². The van der Waals surface area contributed by atoms with E-state index >= 15 is 0 Å². The maximum Gasteiger partial charge on any atom is 0.251 e. The molecule has 28 heavy (non-hydrogen) atoms. The van der Waals surface area contributed by atoms with Gasteiger partial charge in [-0.05, 0) is 57.2 Å². The minimum Gasteiger partial charge on any atom is -0.346 e. The largest absolute Gasteiger partial charge is 0.346 e. The molecule has 1 fully saturated rings. The van der Waals surface area contributed by atoms with Gasteiger partial charge in [0.05, 0.1) is 0 Å². The van der Waals surface area contributed by atoms with Gasteiger partial charge < -0.3 is 10.6 Å². The summed E-state index contributed by atoms with van der Waals surface area (Å²) in [6.45, 7) is 5.88. The molecule has 1 aromatic rings. The third-order valence-corrected chi connectivity index (χ3v) is 5.37. The summed E-state index contributed by atoms with van der Waals surface area (Å²) >= 11 is 0. The second kappa shape index (κ2) is 8.25. The van der Waals surface area contributed by atoms with Crippen LogP contribution in [0.3, 0.4) is 0 Å². The van der Waals surface area contributed by atoms with Crippen molar-refractivity contribution in [2.24, 2.45) is 0 Å². The molecule has 0 bridgehead atoms. The first-order valence-corrected chi connectivity index (χ1v) is 9.94. The summed E-state index contributed by atoms with van der Waals surface area (Å²) in [7, 11) is 0. The molecule has 0 saturated heterocycles. The number of allylic oxidation sites excluding steroid dienone is 3. The first kappa shape index (κ1) is 20.2. The number of aromatic nitrogens is 1. The minimum atomic E-state index is -0.998. The SMILES string of the molecule is CCCC(=O)Nc1cc(C(=O)NC(C)C2=CC(C)=C(CC3(F)CC3)C2)ccn1. The molecular formula is C22H28FN3O2. The molecular weight excluding hydrogens is 357 g/mol. The number of anilines is 1. The quantitative estimate of drug-likeness (QED) is 0.693. The zero-order chi connectivity index (χ0) is 20.3. The summed E-state index contributed by atoms with van der Waals surface area (Å²) in [4.78, 5) is 28.4. The summed E-state index contributed by atoms with van der Waals surface area (Å²) in [5, 5.41) is 5.70. The summed E-state index contributed by atoms with van der Waals surface area (Å²) in [6, 6.07) is 3.05. The lowest BCUT2D eigenvalue weighted by Crippen LogP contribution is -2.34. The third-order valence-electron chi connectivity index (χ3n) is 5.37. The van der Waals surface area contributed by atoms with Crippen LogP contribution in [0.25, 0.3) is 0 Å². The van der Waals surface area contributed by atoms with Crippen LogP contribution in [0.5, 0.6) is 0 Å². The molecule has 1 heterocycles. The van der Waals surface area contributed by atoms with Crippen LogP contribution in [0.15, 0.2) is 41.1 Å². The predicted octanol–water partition coefficient (Wildman–Crippen LogP) is 4.48. The molecule has 150 valence electrons. The molecule has 6 heteroatoms. The van der Waals surface area contributed by atoms with E-state index in [-0.39, 0.29) is 17.9 Å². The van der Waals surface area contributed by atoms with Crippen LogP contribution in [0.4, 0.5) is 10.2 Å². The van der Waals surface area contributed by atoms with Crippen LogP contribution in [0.2, 0.25) is 0 Å². The molecule has 3 rings (SSSR count). The minimum absolute atomic E-state index is 0.118. The number of carbonyl (C=O) groups excluding carboxylic acids is 2. The monoisotopic (exact) mass is 385 g/mol. The standard InChI is InChI=1S/C22H28FN3O2/c1-4-5-20(27)26-19-12-16(6-9-24-19)21(28)25-15(3)17-10-14(2)18(11-17)13-22(23)7-8-22/h6,9-10,12,15H,4-5,7-8,11,13H2,1-3H3,(H,25,28)(H,24,26,27). The number of nitrogens with zero attached hydrogens (tertiary/aromatic N) is 1. The van der Waals surface area contributed by atoms with Gasteiger partial charge in [-0.3, -0.25) is 9.59 Å². The number of nitrogens with one attached hydrogen (secondary N) is 2. The molecule has 1 unspecified atom stereocenters. The van der Waals surface area contributed by atoms with Crippen molar-refractivity contribution in [3.63, 3.8) is 0 Å². The Bertz CT molecular complexity index is 840. The maximum atomic E-state index is 14.1. The lowest BCUT2D eigenvalue weighted by atomic mass is 10.00. The van der Waals surface area contributed by atoms with Gasteiger partial charge in [-0.2, -0.15) is 0 Å². The van der Waals surface area contributed by atoms with Crippen molar-refractivity contribution in [2.75, 3.05) is 5.32 Å². The molecule has 2 aliphatic carbocycles. The fourth-order valence-corrected chi connectivity index (χ4v) is 3.44. The number of pyridine rings is 1. The average Bonchev–Trinajstić information content (AvgIpc) is 3.26. The van der Waals surface area contributed by atoms with E-state index in [9.17, 15) is 14.0 Å². The van der Waals surface area contributed by atoms with Crippen LogP contribution < -0.4 is 10.6 Å². The van der Waals surface area contributed by atoms with Gasteiger partial charge >= 0.3 is 0 Å². The second-order valence-electron chi connectivity index (χ2n) is 7.93. The Balaban J connectivity index is 1.57. The van der Waals surface area contributed by atoms with Gasteiger partial charge in [-0.1, -0.05) is 24.1 Å². The second-order valence-corrected chi connectivity index (χ2v) is 7.93. The third kappa shape index (κ3) is 5.06. The normalized spacial score (nSPS) is 18.5. The molecule has 2 N–H and O–H groups in total. The van der Waals surface area contributed by atoms with Crippen LogP contribution in [-0.4, -0.2) is 28.5 Å². The number of hydrogen-bond acceptors (Lipinski definition) is 3. The van der Waals surface area contributed by atoms with E-state index in [1.165, 1.54) is 6.20 Å². The van der Waals surface area contributed by atoms with Crippen molar-refractivity contribution >= 4 is 17.6 Å². The Morgan fingerprint density at radius 3 is 2.79 bits per heavy atom. The highest BCUT2D eigenvalue weighted by Gasteiger charge is 2.44. The van der Waals surface area contributed by atoms with Gasteiger partial charge in [0.1, 0.15) is 11.5 Å². The fraction of sp³-hybridized carbons (Fsp3) is 0.500. The van der Waals surface area contributed by atoms with Crippen LogP contribution in [0.1, 0.15) is 69.7 Å². The summed E-state index contributed by atoms with van der Waals surface area (Å²) in [6.07, 6.45) is 7.27. The zero-order valence-electron chi connectivity index (χ0n) is 16.8. The lowest BCUT2D eigenvalue weighted by Gasteiger charge is -2.17. The molecule has 0 aromatic carbocycles. The Hall–Kier alpha value is -2.50. The van der Waals surface area contributed by atoms with E-state index < -0.39 is 5.67 Å². The number of amides is 2. The molecule has 0 aliphatic heterocycles. The van der Waals surface area contributed by atoms with Gasteiger partial charge in [0, 0.05) is 30.6 Å². The number of carbonyl (C=O) groups is 2. The number of alkyl halides is 1. The average molecular weight is 385 g/mol. The highest BCUT2D eigenvalue weighted by atomic mass is 19.1. The Morgan fingerprint density at radius 1 is 1.36 bits per heavy atom. The van der Waals surface area contributed by atoms with Gasteiger partial charge in [0.25, 0.3) is 5.91 Å². The lowest BCUT2D eigenvalue weighted by molar-refractivity contribution is -0.116. The summed E-state index contributed by atoms with van der Waals surface area (Å²) in [5.74, 6) is 0.0285. The predicted molar refractivity (Wildman–Crippen MR) is 108 cm³/mol. The van der Waals surface area contributed by atoms with Gasteiger partial charge in [0.15, 0.2) is 0 Å². The Labute approximate surface area is 165 Å². The van der Waals surface area contributed by atoms with E-state index in [0.717, 1.165) is 23.1 Å². The Kier molecular flexibility index (Phi) is 5.96. The van der Waals surface area contributed by atoms with Gasteiger partial charge in [0.2, 0.25) is 5.91 Å². The topological polar surface area (TPSA) is 71.1 Å². The van der Waals surface area contributed by atoms with Crippen molar-refractivity contribution < 1.29 is 14.0 Å². The maximum absolute atomic E-state index is 14.1. The Morgan fingerprint density at radius 2 is 2.11 bits per heavy atom. The van der Waals surface area contributed by atoms with Crippen LogP contribution >= 0.6 is 0 Å². The molecule has 5 nitrogen and oxygen atoms in total. The first-order valence-electron chi connectivity index (χ1n) is 9.94. The molecule has 1 aromatic heterocycles. The highest BCUT2D eigenvalue weighted by molar-refractivity contribution is 5.96. The van der Waals surface area contributed by atoms with Crippen LogP contribution in [-0.2, 0) is 4.79 Å². The number of halogens is 1. The van der Waals surface area contributed by atoms with Crippen LogP contribution in [0, 0.1) is 0 Å². The van der Waals surface area contributed by atoms with E-state index in [1.807, 2.05) is 20.8 Å². The fourth-order valence-electron chi connectivity index (χ4n) is 3.44. The van der Waals surface area contributed by atoms with Gasteiger partial charge in [-0.25, -0.2) is 9.37 Å². The molecule has 0 radical (unpaired) electrons. The number of hydrogen-bond donors (Lipinski definition) is 2. The summed E-state index contributed by atoms with van der Waals surface area (Å²) in [5.41, 5.74) is 2.79. The van der Waals surface area contributed by atoms with Crippen molar-refractivity contribution in [2.45, 2.75) is 71.0 Å². The highest BCUT2D eigenvalue weighted by Crippen LogP contribution is 2.47. The van der Waals surface area contributed by atoms with E-state index in [2.05, 4.69) is 21.7 Å². The van der Waals surface area contributed by atoms with Crippen molar-refractivity contribution in [1.29, 1.82) is 0 Å². The molecule has 0 spiro atoms. The van der Waals surface area contributed by atoms with Gasteiger partial charge in [-0.15, -0.1) is 0 Å². The zero-order valence-corrected chi connectivity index (χ0v) is 16.8. The molecule has 1 atom stereocenters. The van der Waals surface area contributed by atoms with Crippen molar-refractivity contribution in [3.05, 3.63) is 46.7 Å². The number of rotatable bonds is 8. The smallest absolute Gasteiger partial charge is 0.251 e. The first-order chi connectivity index (χ1) is 13.3. The summed E-state index contributed by atoms with van der Waals surface area (Å²) < 4.78 is 14.1. The van der Waals surface area contributed by atoms with E-state index in [4.69, 9.17) is 0 Å². The van der Waals surface area contributed by atoms with Crippen molar-refractivity contribution in [3.8, 4) is 0 Å². The van der Waals surface area contributed by atoms with Crippen molar-refractivity contribution in [1.82, 2.24) is 10.3 Å².